The van der Waals surface area contributed by atoms with E-state index in [1.165, 1.54) is 0 Å². The summed E-state index contributed by atoms with van der Waals surface area (Å²) in [5.74, 6) is 1.25. The fourth-order valence-corrected chi connectivity index (χ4v) is 3.79. The molecule has 1 aliphatic heterocycles. The molecule has 0 saturated carbocycles. The second kappa shape index (κ2) is 8.59. The maximum atomic E-state index is 12.2. The van der Waals surface area contributed by atoms with Gasteiger partial charge in [0, 0.05) is 43.0 Å². The highest BCUT2D eigenvalue weighted by atomic mass is 35.5. The third-order valence-corrected chi connectivity index (χ3v) is 5.38. The quantitative estimate of drug-likeness (QED) is 0.703. The maximum absolute atomic E-state index is 12.2. The Morgan fingerprint density at radius 1 is 0.966 bits per heavy atom. The number of anilines is 1. The van der Waals surface area contributed by atoms with Crippen molar-refractivity contribution in [3.8, 4) is 11.4 Å². The summed E-state index contributed by atoms with van der Waals surface area (Å²) in [5.41, 5.74) is 7.57. The van der Waals surface area contributed by atoms with Crippen molar-refractivity contribution in [3.05, 3.63) is 77.4 Å². The predicted molar refractivity (Wildman–Crippen MR) is 115 cm³/mol. The van der Waals surface area contributed by atoms with Gasteiger partial charge in [-0.05, 0) is 23.8 Å². The third-order valence-electron chi connectivity index (χ3n) is 5.13. The molecule has 1 fully saturated rings. The van der Waals surface area contributed by atoms with Gasteiger partial charge in [-0.2, -0.15) is 0 Å². The Balaban J connectivity index is 1.48. The monoisotopic (exact) mass is 407 g/mol. The molecule has 0 bridgehead atoms. The van der Waals surface area contributed by atoms with Crippen LogP contribution in [0.15, 0.2) is 66.9 Å². The van der Waals surface area contributed by atoms with E-state index in [9.17, 15) is 4.79 Å². The van der Waals surface area contributed by atoms with E-state index in [0.29, 0.717) is 23.9 Å². The van der Waals surface area contributed by atoms with Gasteiger partial charge in [0.1, 0.15) is 11.9 Å². The lowest BCUT2D eigenvalue weighted by Gasteiger charge is -2.38. The number of hydrogen-bond donors (Lipinski definition) is 1. The van der Waals surface area contributed by atoms with E-state index in [2.05, 4.69) is 14.8 Å². The summed E-state index contributed by atoms with van der Waals surface area (Å²) in [6.45, 7) is 2.92. The number of piperazine rings is 1. The molecule has 0 radical (unpaired) electrons. The average Bonchev–Trinajstić information content (AvgIpc) is 2.76. The second-order valence-electron chi connectivity index (χ2n) is 6.98. The smallest absolute Gasteiger partial charge is 0.239 e. The summed E-state index contributed by atoms with van der Waals surface area (Å²) in [7, 11) is 0. The Labute approximate surface area is 174 Å². The molecule has 1 unspecified atom stereocenters. The van der Waals surface area contributed by atoms with Crippen LogP contribution in [-0.2, 0) is 4.79 Å². The standard InChI is InChI=1S/C22H22ClN5O/c23-18-8-6-16(7-9-18)20(21(24)29)28-14-12-27(13-15-28)19-10-11-25-22(26-19)17-4-2-1-3-5-17/h1-11,20H,12-15H2,(H2,24,29). The normalized spacial score (nSPS) is 15.8. The zero-order valence-corrected chi connectivity index (χ0v) is 16.7. The topological polar surface area (TPSA) is 75.4 Å². The first-order valence-corrected chi connectivity index (χ1v) is 9.92. The van der Waals surface area contributed by atoms with Crippen LogP contribution in [0.5, 0.6) is 0 Å². The highest BCUT2D eigenvalue weighted by Gasteiger charge is 2.29. The lowest BCUT2D eigenvalue weighted by molar-refractivity contribution is -0.123. The first-order chi connectivity index (χ1) is 14.1. The number of primary amides is 1. The summed E-state index contributed by atoms with van der Waals surface area (Å²) < 4.78 is 0. The first kappa shape index (κ1) is 19.4. The molecule has 0 aliphatic carbocycles. The number of rotatable bonds is 5. The van der Waals surface area contributed by atoms with Crippen LogP contribution in [0.3, 0.4) is 0 Å². The van der Waals surface area contributed by atoms with Gasteiger partial charge in [0.05, 0.1) is 0 Å². The Bertz CT molecular complexity index is 972. The molecule has 2 N–H and O–H groups in total. The summed E-state index contributed by atoms with van der Waals surface area (Å²) >= 11 is 5.98. The Kier molecular flexibility index (Phi) is 5.74. The van der Waals surface area contributed by atoms with E-state index in [1.807, 2.05) is 48.5 Å². The number of benzene rings is 2. The number of hydrogen-bond acceptors (Lipinski definition) is 5. The van der Waals surface area contributed by atoms with Crippen LogP contribution in [-0.4, -0.2) is 47.0 Å². The van der Waals surface area contributed by atoms with Gasteiger partial charge < -0.3 is 10.6 Å². The summed E-state index contributed by atoms with van der Waals surface area (Å²) in [4.78, 5) is 25.6. The van der Waals surface area contributed by atoms with Crippen molar-refractivity contribution in [1.29, 1.82) is 0 Å². The maximum Gasteiger partial charge on any atom is 0.239 e. The molecule has 1 saturated heterocycles. The molecule has 2 heterocycles. The minimum atomic E-state index is -0.459. The van der Waals surface area contributed by atoms with Crippen LogP contribution in [0.2, 0.25) is 5.02 Å². The predicted octanol–water partition coefficient (Wildman–Crippen LogP) is 3.15. The van der Waals surface area contributed by atoms with Gasteiger partial charge >= 0.3 is 0 Å². The van der Waals surface area contributed by atoms with Crippen molar-refractivity contribution < 1.29 is 4.79 Å². The lowest BCUT2D eigenvalue weighted by atomic mass is 10.0. The SMILES string of the molecule is NC(=O)C(c1ccc(Cl)cc1)N1CCN(c2ccnc(-c3ccccc3)n2)CC1. The molecule has 1 aromatic heterocycles. The molecule has 1 atom stereocenters. The number of carbonyl (C=O) groups is 1. The van der Waals surface area contributed by atoms with Crippen molar-refractivity contribution in [3.63, 3.8) is 0 Å². The number of carbonyl (C=O) groups excluding carboxylic acids is 1. The van der Waals surface area contributed by atoms with Gasteiger partial charge in [-0.25, -0.2) is 9.97 Å². The van der Waals surface area contributed by atoms with E-state index in [0.717, 1.165) is 30.0 Å². The Hall–Kier alpha value is -2.96. The summed E-state index contributed by atoms with van der Waals surface area (Å²) in [6, 6.07) is 18.7. The molecule has 1 amide bonds. The highest BCUT2D eigenvalue weighted by Crippen LogP contribution is 2.25. The second-order valence-corrected chi connectivity index (χ2v) is 7.42. The van der Waals surface area contributed by atoms with Gasteiger partial charge in [-0.1, -0.05) is 54.1 Å². The van der Waals surface area contributed by atoms with E-state index in [-0.39, 0.29) is 5.91 Å². The molecular formula is C22H22ClN5O. The Morgan fingerprint density at radius 3 is 2.31 bits per heavy atom. The van der Waals surface area contributed by atoms with Gasteiger partial charge in [0.25, 0.3) is 0 Å². The van der Waals surface area contributed by atoms with Crippen LogP contribution in [0.25, 0.3) is 11.4 Å². The number of aromatic nitrogens is 2. The largest absolute Gasteiger partial charge is 0.368 e. The van der Waals surface area contributed by atoms with Gasteiger partial charge in [0.15, 0.2) is 5.82 Å². The van der Waals surface area contributed by atoms with Gasteiger partial charge in [-0.3, -0.25) is 9.69 Å². The van der Waals surface area contributed by atoms with E-state index in [1.54, 1.807) is 18.3 Å². The molecule has 7 heteroatoms. The van der Waals surface area contributed by atoms with Gasteiger partial charge in [0.2, 0.25) is 5.91 Å². The summed E-state index contributed by atoms with van der Waals surface area (Å²) in [6.07, 6.45) is 1.79. The minimum Gasteiger partial charge on any atom is -0.368 e. The fourth-order valence-electron chi connectivity index (χ4n) is 3.66. The third kappa shape index (κ3) is 4.39. The van der Waals surface area contributed by atoms with E-state index >= 15 is 0 Å². The molecule has 2 aromatic carbocycles. The van der Waals surface area contributed by atoms with Crippen LogP contribution in [0.4, 0.5) is 5.82 Å². The molecule has 0 spiro atoms. The minimum absolute atomic E-state index is 0.353. The molecule has 6 nitrogen and oxygen atoms in total. The number of nitrogens with two attached hydrogens (primary N) is 1. The zero-order chi connectivity index (χ0) is 20.2. The van der Waals surface area contributed by atoms with Crippen LogP contribution in [0, 0.1) is 0 Å². The lowest BCUT2D eigenvalue weighted by Crippen LogP contribution is -2.50. The number of amides is 1. The van der Waals surface area contributed by atoms with E-state index in [4.69, 9.17) is 22.3 Å². The van der Waals surface area contributed by atoms with Gasteiger partial charge in [-0.15, -0.1) is 0 Å². The molecule has 3 aromatic rings. The van der Waals surface area contributed by atoms with Crippen molar-refractivity contribution in [1.82, 2.24) is 14.9 Å². The van der Waals surface area contributed by atoms with Crippen molar-refractivity contribution in [2.24, 2.45) is 5.73 Å². The molecule has 4 rings (SSSR count). The highest BCUT2D eigenvalue weighted by molar-refractivity contribution is 6.30. The molecular weight excluding hydrogens is 386 g/mol. The number of nitrogens with zero attached hydrogens (tertiary/aromatic N) is 4. The van der Waals surface area contributed by atoms with Crippen molar-refractivity contribution in [2.45, 2.75) is 6.04 Å². The van der Waals surface area contributed by atoms with Crippen molar-refractivity contribution >= 4 is 23.3 Å². The molecule has 148 valence electrons. The van der Waals surface area contributed by atoms with Crippen LogP contribution < -0.4 is 10.6 Å². The van der Waals surface area contributed by atoms with Crippen LogP contribution in [0.1, 0.15) is 11.6 Å². The average molecular weight is 408 g/mol. The molecule has 1 aliphatic rings. The van der Waals surface area contributed by atoms with Crippen molar-refractivity contribution in [2.75, 3.05) is 31.1 Å². The fraction of sp³-hybridized carbons (Fsp3) is 0.227. The number of halogens is 1. The molecule has 29 heavy (non-hydrogen) atoms. The Morgan fingerprint density at radius 2 is 1.66 bits per heavy atom. The first-order valence-electron chi connectivity index (χ1n) is 9.54. The zero-order valence-electron chi connectivity index (χ0n) is 15.9. The van der Waals surface area contributed by atoms with E-state index < -0.39 is 6.04 Å². The summed E-state index contributed by atoms with van der Waals surface area (Å²) in [5, 5.41) is 0.639. The van der Waals surface area contributed by atoms with Crippen LogP contribution >= 0.6 is 11.6 Å².